The average molecular weight is 368 g/mol. The molecule has 0 amide bonds. The van der Waals surface area contributed by atoms with E-state index in [1.807, 2.05) is 9.80 Å². The fourth-order valence-corrected chi connectivity index (χ4v) is 2.82. The van der Waals surface area contributed by atoms with E-state index >= 15 is 0 Å². The number of alkyl halides is 3. The second kappa shape index (κ2) is 7.06. The van der Waals surface area contributed by atoms with Crippen molar-refractivity contribution in [3.63, 3.8) is 0 Å². The highest BCUT2D eigenvalue weighted by molar-refractivity contribution is 5.63. The Balaban J connectivity index is 1.65. The van der Waals surface area contributed by atoms with E-state index < -0.39 is 11.3 Å². The first kappa shape index (κ1) is 17.8. The van der Waals surface area contributed by atoms with Gasteiger partial charge in [0, 0.05) is 32.2 Å². The Morgan fingerprint density at radius 2 is 1.69 bits per heavy atom. The first-order chi connectivity index (χ1) is 12.3. The number of piperazine rings is 1. The van der Waals surface area contributed by atoms with Gasteiger partial charge in [-0.3, -0.25) is 10.1 Å². The SMILES string of the molecule is O=[N+]([O-])c1ccccc1N1CCN(c2ccc(OC(F)(F)F)cn2)CC1. The number of benzene rings is 1. The molecular formula is C16H15F3N4O3. The molecule has 2 aromatic rings. The van der Waals surface area contributed by atoms with Gasteiger partial charge in [-0.05, 0) is 18.2 Å². The van der Waals surface area contributed by atoms with Gasteiger partial charge in [0.2, 0.25) is 0 Å². The molecule has 10 heteroatoms. The molecule has 2 heterocycles. The number of anilines is 2. The number of nitrogens with zero attached hydrogens (tertiary/aromatic N) is 4. The molecule has 3 rings (SSSR count). The predicted octanol–water partition coefficient (Wildman–Crippen LogP) is 3.22. The van der Waals surface area contributed by atoms with Crippen molar-refractivity contribution in [3.05, 3.63) is 52.7 Å². The van der Waals surface area contributed by atoms with Gasteiger partial charge in [-0.1, -0.05) is 12.1 Å². The Kier molecular flexibility index (Phi) is 4.83. The normalized spacial score (nSPS) is 15.0. The first-order valence-corrected chi connectivity index (χ1v) is 7.78. The highest BCUT2D eigenvalue weighted by Crippen LogP contribution is 2.29. The zero-order valence-corrected chi connectivity index (χ0v) is 13.5. The molecule has 1 saturated heterocycles. The third-order valence-electron chi connectivity index (χ3n) is 3.98. The average Bonchev–Trinajstić information content (AvgIpc) is 2.61. The van der Waals surface area contributed by atoms with Crippen LogP contribution in [0.3, 0.4) is 0 Å². The molecule has 7 nitrogen and oxygen atoms in total. The largest absolute Gasteiger partial charge is 0.573 e. The van der Waals surface area contributed by atoms with Crippen molar-refractivity contribution in [3.8, 4) is 5.75 Å². The molecule has 1 fully saturated rings. The van der Waals surface area contributed by atoms with E-state index in [9.17, 15) is 23.3 Å². The molecule has 0 spiro atoms. The Morgan fingerprint density at radius 3 is 2.27 bits per heavy atom. The van der Waals surface area contributed by atoms with Gasteiger partial charge in [0.25, 0.3) is 5.69 Å². The van der Waals surface area contributed by atoms with Gasteiger partial charge in [0.1, 0.15) is 17.3 Å². The van der Waals surface area contributed by atoms with Gasteiger partial charge < -0.3 is 14.5 Å². The number of pyridine rings is 1. The molecule has 1 aromatic carbocycles. The van der Waals surface area contributed by atoms with Gasteiger partial charge in [0.05, 0.1) is 11.1 Å². The molecule has 0 aliphatic carbocycles. The summed E-state index contributed by atoms with van der Waals surface area (Å²) in [5, 5.41) is 11.1. The number of hydrogen-bond donors (Lipinski definition) is 0. The number of rotatable bonds is 4. The van der Waals surface area contributed by atoms with Crippen LogP contribution in [0.2, 0.25) is 0 Å². The zero-order chi connectivity index (χ0) is 18.7. The van der Waals surface area contributed by atoms with Crippen molar-refractivity contribution in [2.75, 3.05) is 36.0 Å². The summed E-state index contributed by atoms with van der Waals surface area (Å²) in [4.78, 5) is 18.6. The number of ether oxygens (including phenoxy) is 1. The number of nitro groups is 1. The van der Waals surface area contributed by atoms with Crippen LogP contribution in [0.15, 0.2) is 42.6 Å². The minimum absolute atomic E-state index is 0.0488. The topological polar surface area (TPSA) is 71.7 Å². The van der Waals surface area contributed by atoms with E-state index in [1.165, 1.54) is 18.2 Å². The van der Waals surface area contributed by atoms with Crippen molar-refractivity contribution in [1.29, 1.82) is 0 Å². The smallest absolute Gasteiger partial charge is 0.404 e. The van der Waals surface area contributed by atoms with Crippen molar-refractivity contribution in [1.82, 2.24) is 4.98 Å². The summed E-state index contributed by atoms with van der Waals surface area (Å²) in [5.41, 5.74) is 0.603. The molecule has 0 atom stereocenters. The Hall–Kier alpha value is -3.04. The monoisotopic (exact) mass is 368 g/mol. The molecule has 0 saturated carbocycles. The summed E-state index contributed by atoms with van der Waals surface area (Å²) in [6.07, 6.45) is -3.73. The van der Waals surface area contributed by atoms with E-state index in [1.54, 1.807) is 18.2 Å². The first-order valence-electron chi connectivity index (χ1n) is 7.78. The highest BCUT2D eigenvalue weighted by Gasteiger charge is 2.31. The Morgan fingerprint density at radius 1 is 1.04 bits per heavy atom. The standard InChI is InChI=1S/C16H15F3N4O3/c17-16(18,19)26-12-5-6-15(20-11-12)22-9-7-21(8-10-22)13-3-1-2-4-14(13)23(24)25/h1-6,11H,7-10H2. The van der Waals surface area contributed by atoms with Crippen LogP contribution in [0.5, 0.6) is 5.75 Å². The maximum atomic E-state index is 12.2. The van der Waals surface area contributed by atoms with Crippen LogP contribution < -0.4 is 14.5 Å². The van der Waals surface area contributed by atoms with E-state index in [2.05, 4.69) is 9.72 Å². The van der Waals surface area contributed by atoms with Crippen LogP contribution in [0.1, 0.15) is 0 Å². The third-order valence-corrected chi connectivity index (χ3v) is 3.98. The van der Waals surface area contributed by atoms with Gasteiger partial charge in [-0.2, -0.15) is 0 Å². The lowest BCUT2D eigenvalue weighted by molar-refractivity contribution is -0.384. The number of halogens is 3. The minimum Gasteiger partial charge on any atom is -0.404 e. The number of aromatic nitrogens is 1. The van der Waals surface area contributed by atoms with Crippen LogP contribution in [-0.4, -0.2) is 42.4 Å². The summed E-state index contributed by atoms with van der Waals surface area (Å²) in [5.74, 6) is 0.154. The summed E-state index contributed by atoms with van der Waals surface area (Å²) < 4.78 is 40.3. The Bertz CT molecular complexity index is 775. The molecule has 1 aliphatic rings. The molecule has 0 bridgehead atoms. The molecule has 26 heavy (non-hydrogen) atoms. The summed E-state index contributed by atoms with van der Waals surface area (Å²) in [6, 6.07) is 9.20. The molecular weight excluding hydrogens is 353 g/mol. The van der Waals surface area contributed by atoms with Crippen LogP contribution >= 0.6 is 0 Å². The summed E-state index contributed by atoms with van der Waals surface area (Å²) in [6.45, 7) is 2.15. The van der Waals surface area contributed by atoms with Crippen molar-refractivity contribution < 1.29 is 22.8 Å². The fraction of sp³-hybridized carbons (Fsp3) is 0.312. The lowest BCUT2D eigenvalue weighted by atomic mass is 10.2. The van der Waals surface area contributed by atoms with Gasteiger partial charge in [0.15, 0.2) is 0 Å². The lowest BCUT2D eigenvalue weighted by Crippen LogP contribution is -2.47. The summed E-state index contributed by atoms with van der Waals surface area (Å²) in [7, 11) is 0. The van der Waals surface area contributed by atoms with E-state index in [0.717, 1.165) is 6.20 Å². The van der Waals surface area contributed by atoms with E-state index in [4.69, 9.17) is 0 Å². The van der Waals surface area contributed by atoms with Crippen molar-refractivity contribution in [2.24, 2.45) is 0 Å². The third kappa shape index (κ3) is 4.13. The highest BCUT2D eigenvalue weighted by atomic mass is 19.4. The van der Waals surface area contributed by atoms with Crippen LogP contribution in [0.4, 0.5) is 30.4 Å². The molecule has 0 unspecified atom stereocenters. The van der Waals surface area contributed by atoms with Crippen LogP contribution in [0.25, 0.3) is 0 Å². The molecule has 1 aliphatic heterocycles. The lowest BCUT2D eigenvalue weighted by Gasteiger charge is -2.36. The second-order valence-electron chi connectivity index (χ2n) is 5.62. The number of hydrogen-bond acceptors (Lipinski definition) is 6. The van der Waals surface area contributed by atoms with E-state index in [-0.39, 0.29) is 11.4 Å². The molecule has 1 aromatic heterocycles. The fourth-order valence-electron chi connectivity index (χ4n) is 2.82. The van der Waals surface area contributed by atoms with Crippen molar-refractivity contribution >= 4 is 17.2 Å². The molecule has 0 radical (unpaired) electrons. The predicted molar refractivity (Wildman–Crippen MR) is 88.4 cm³/mol. The Labute approximate surface area is 146 Å². The quantitative estimate of drug-likeness (QED) is 0.610. The van der Waals surface area contributed by atoms with Crippen LogP contribution in [0, 0.1) is 10.1 Å². The van der Waals surface area contributed by atoms with E-state index in [0.29, 0.717) is 37.7 Å². The van der Waals surface area contributed by atoms with Gasteiger partial charge in [-0.15, -0.1) is 13.2 Å². The number of nitro benzene ring substituents is 1. The maximum absolute atomic E-state index is 12.2. The molecule has 0 N–H and O–H groups in total. The minimum atomic E-state index is -4.75. The summed E-state index contributed by atoms with van der Waals surface area (Å²) >= 11 is 0. The van der Waals surface area contributed by atoms with Crippen molar-refractivity contribution in [2.45, 2.75) is 6.36 Å². The molecule has 138 valence electrons. The zero-order valence-electron chi connectivity index (χ0n) is 13.5. The second-order valence-corrected chi connectivity index (χ2v) is 5.62. The van der Waals surface area contributed by atoms with Crippen LogP contribution in [-0.2, 0) is 0 Å². The number of para-hydroxylation sites is 2. The maximum Gasteiger partial charge on any atom is 0.573 e. The van der Waals surface area contributed by atoms with Gasteiger partial charge in [-0.25, -0.2) is 4.98 Å². The van der Waals surface area contributed by atoms with Gasteiger partial charge >= 0.3 is 6.36 Å².